The van der Waals surface area contributed by atoms with E-state index in [4.69, 9.17) is 4.74 Å². The lowest BCUT2D eigenvalue weighted by Gasteiger charge is -2.37. The second-order valence-corrected chi connectivity index (χ2v) is 9.91. The van der Waals surface area contributed by atoms with Gasteiger partial charge in [0.05, 0.1) is 25.1 Å². The van der Waals surface area contributed by atoms with Gasteiger partial charge in [-0.1, -0.05) is 69.0 Å². The second-order valence-electron chi connectivity index (χ2n) is 9.91. The van der Waals surface area contributed by atoms with Crippen LogP contribution in [0.5, 0.6) is 5.75 Å². The number of nitrogens with zero attached hydrogens (tertiary/aromatic N) is 3. The van der Waals surface area contributed by atoms with Crippen molar-refractivity contribution >= 4 is 5.91 Å². The van der Waals surface area contributed by atoms with E-state index in [1.807, 2.05) is 49.5 Å². The molecule has 0 aromatic heterocycles. The van der Waals surface area contributed by atoms with Crippen molar-refractivity contribution in [3.63, 3.8) is 0 Å². The van der Waals surface area contributed by atoms with Gasteiger partial charge in [-0.05, 0) is 42.5 Å². The normalized spacial score (nSPS) is 11.2. The van der Waals surface area contributed by atoms with Crippen LogP contribution in [0.15, 0.2) is 79.3 Å². The molecule has 1 amide bonds. The molecule has 2 aromatic rings. The number of likely N-dealkylation sites (N-methyl/N-ethyl adjacent to an activating group) is 1. The predicted octanol–water partition coefficient (Wildman–Crippen LogP) is 4.05. The van der Waals surface area contributed by atoms with E-state index in [-0.39, 0.29) is 37.2 Å². The quantitative estimate of drug-likeness (QED) is 0.133. The first-order valence-corrected chi connectivity index (χ1v) is 14.2. The van der Waals surface area contributed by atoms with Gasteiger partial charge in [-0.2, -0.15) is 5.26 Å². The Kier molecular flexibility index (Phi) is 15.5. The maximum absolute atomic E-state index is 13.5. The van der Waals surface area contributed by atoms with Gasteiger partial charge in [-0.15, -0.1) is 0 Å². The topological polar surface area (TPSA) is 113 Å². The molecule has 2 rings (SSSR count). The van der Waals surface area contributed by atoms with E-state index >= 15 is 0 Å². The Bertz CT molecular complexity index is 1100. The Hall–Kier alpha value is -4.00. The van der Waals surface area contributed by atoms with Crippen molar-refractivity contribution in [1.29, 1.82) is 5.26 Å². The molecule has 0 heterocycles. The minimum absolute atomic E-state index is 0.00813. The summed E-state index contributed by atoms with van der Waals surface area (Å²) in [6, 6.07) is 18.7. The number of carbonyl (C=O) groups is 1. The van der Waals surface area contributed by atoms with E-state index in [0.717, 1.165) is 49.2 Å². The molecule has 2 aromatic carbocycles. The summed E-state index contributed by atoms with van der Waals surface area (Å²) in [5.41, 5.74) is 8.74. The number of carbonyl (C=O) groups excluding carboxylic acids is 1. The molecule has 1 unspecified atom stereocenters. The van der Waals surface area contributed by atoms with Crippen molar-refractivity contribution in [1.82, 2.24) is 26.0 Å². The summed E-state index contributed by atoms with van der Waals surface area (Å²) in [6.45, 7) is 13.5. The van der Waals surface area contributed by atoms with Crippen molar-refractivity contribution in [2.75, 3.05) is 39.9 Å². The third kappa shape index (κ3) is 12.8. The first-order chi connectivity index (χ1) is 19.8. The Morgan fingerprint density at radius 1 is 1.05 bits per heavy atom. The number of amides is 1. The number of nitrogens with one attached hydrogen (secondary N) is 3. The molecule has 0 aliphatic heterocycles. The summed E-state index contributed by atoms with van der Waals surface area (Å²) < 4.78 is 5.71. The Balaban J connectivity index is 2.06. The summed E-state index contributed by atoms with van der Waals surface area (Å²) in [4.78, 5) is 17.3. The zero-order valence-corrected chi connectivity index (χ0v) is 24.6. The van der Waals surface area contributed by atoms with Crippen molar-refractivity contribution in [2.24, 2.45) is 0 Å². The summed E-state index contributed by atoms with van der Waals surface area (Å²) >= 11 is 0. The highest BCUT2D eigenvalue weighted by Crippen LogP contribution is 2.21. The SMILES string of the molecule is C=C(NCc1ccccc1)NNCC(=O)N(CCC#N)C(Cc1ccc(O)cc1)C(=C)N(C)CCCOCCCC. The molecule has 9 heteroatoms. The molecule has 222 valence electrons. The van der Waals surface area contributed by atoms with Gasteiger partial charge < -0.3 is 30.4 Å². The average Bonchev–Trinajstić information content (AvgIpc) is 2.98. The van der Waals surface area contributed by atoms with E-state index in [1.54, 1.807) is 17.0 Å². The number of benzene rings is 2. The van der Waals surface area contributed by atoms with Crippen LogP contribution in [0.25, 0.3) is 0 Å². The molecule has 0 spiro atoms. The van der Waals surface area contributed by atoms with Crippen molar-refractivity contribution in [3.8, 4) is 11.8 Å². The lowest BCUT2D eigenvalue weighted by molar-refractivity contribution is -0.132. The molecule has 0 radical (unpaired) electrons. The second kappa shape index (κ2) is 19.1. The summed E-state index contributed by atoms with van der Waals surface area (Å²) in [5, 5.41) is 22.3. The van der Waals surface area contributed by atoms with Crippen LogP contribution in [-0.2, 0) is 22.5 Å². The standard InChI is InChI=1S/C32H46N6O3/c1-5-6-21-41-22-11-19-37(4)26(2)31(23-28-14-16-30(39)17-15-28)38(20-10-18-33)32(40)25-35-36-27(3)34-24-29-12-8-7-9-13-29/h7-9,12-17,31,34-36,39H,2-3,5-6,10-11,19-25H2,1,4H3. The van der Waals surface area contributed by atoms with E-state index in [9.17, 15) is 15.2 Å². The number of hydrogen-bond acceptors (Lipinski definition) is 8. The molecular formula is C32H46N6O3. The van der Waals surface area contributed by atoms with Crippen LogP contribution in [0.2, 0.25) is 0 Å². The molecule has 4 N–H and O–H groups in total. The first kappa shape index (κ1) is 33.2. The molecule has 41 heavy (non-hydrogen) atoms. The van der Waals surface area contributed by atoms with Gasteiger partial charge in [-0.3, -0.25) is 4.79 Å². The zero-order valence-electron chi connectivity index (χ0n) is 24.6. The van der Waals surface area contributed by atoms with Crippen molar-refractivity contribution in [3.05, 3.63) is 90.4 Å². The van der Waals surface area contributed by atoms with Crippen molar-refractivity contribution < 1.29 is 14.6 Å². The molecule has 0 aliphatic rings. The van der Waals surface area contributed by atoms with Crippen LogP contribution in [0, 0.1) is 11.3 Å². The lowest BCUT2D eigenvalue weighted by Crippen LogP contribution is -2.51. The molecule has 1 atom stereocenters. The molecule has 0 saturated carbocycles. The molecule has 0 aliphatic carbocycles. The fraction of sp³-hybridized carbons (Fsp3) is 0.438. The summed E-state index contributed by atoms with van der Waals surface area (Å²) in [5.74, 6) is 0.541. The number of nitriles is 1. The van der Waals surface area contributed by atoms with Gasteiger partial charge >= 0.3 is 0 Å². The van der Waals surface area contributed by atoms with Gasteiger partial charge in [0.2, 0.25) is 5.91 Å². The highest BCUT2D eigenvalue weighted by atomic mass is 16.5. The third-order valence-electron chi connectivity index (χ3n) is 6.65. The summed E-state index contributed by atoms with van der Waals surface area (Å²) in [7, 11) is 1.97. The van der Waals surface area contributed by atoms with E-state index in [0.29, 0.717) is 25.4 Å². The van der Waals surface area contributed by atoms with Crippen LogP contribution in [0.3, 0.4) is 0 Å². The van der Waals surface area contributed by atoms with E-state index in [1.165, 1.54) is 0 Å². The Morgan fingerprint density at radius 3 is 2.44 bits per heavy atom. The van der Waals surface area contributed by atoms with Crippen LogP contribution in [0.1, 0.15) is 43.7 Å². The predicted molar refractivity (Wildman–Crippen MR) is 163 cm³/mol. The number of phenolic OH excluding ortho intramolecular Hbond substituents is 1. The molecule has 9 nitrogen and oxygen atoms in total. The van der Waals surface area contributed by atoms with Gasteiger partial charge in [0.15, 0.2) is 0 Å². The minimum Gasteiger partial charge on any atom is -0.508 e. The number of phenols is 1. The molecule has 0 bridgehead atoms. The van der Waals surface area contributed by atoms with E-state index in [2.05, 4.69) is 47.2 Å². The largest absolute Gasteiger partial charge is 0.508 e. The highest BCUT2D eigenvalue weighted by Gasteiger charge is 2.28. The fourth-order valence-electron chi connectivity index (χ4n) is 4.22. The number of aromatic hydroxyl groups is 1. The summed E-state index contributed by atoms with van der Waals surface area (Å²) in [6.07, 6.45) is 3.67. The monoisotopic (exact) mass is 562 g/mol. The van der Waals surface area contributed by atoms with Crippen LogP contribution < -0.4 is 16.2 Å². The van der Waals surface area contributed by atoms with Gasteiger partial charge in [0.25, 0.3) is 0 Å². The first-order valence-electron chi connectivity index (χ1n) is 14.2. The molecule has 0 fully saturated rings. The van der Waals surface area contributed by atoms with Crippen LogP contribution in [-0.4, -0.2) is 66.8 Å². The number of unbranched alkanes of at least 4 members (excludes halogenated alkanes) is 1. The minimum atomic E-state index is -0.382. The van der Waals surface area contributed by atoms with Gasteiger partial charge in [-0.25, -0.2) is 5.43 Å². The van der Waals surface area contributed by atoms with Gasteiger partial charge in [0.1, 0.15) is 11.6 Å². The van der Waals surface area contributed by atoms with Gasteiger partial charge in [0, 0.05) is 45.6 Å². The zero-order chi connectivity index (χ0) is 29.9. The molecule has 0 saturated heterocycles. The Labute approximate surface area is 245 Å². The number of rotatable bonds is 21. The smallest absolute Gasteiger partial charge is 0.239 e. The fourth-order valence-corrected chi connectivity index (χ4v) is 4.22. The lowest BCUT2D eigenvalue weighted by atomic mass is 10.0. The van der Waals surface area contributed by atoms with Crippen LogP contribution >= 0.6 is 0 Å². The maximum Gasteiger partial charge on any atom is 0.239 e. The number of hydrogen-bond donors (Lipinski definition) is 4. The Morgan fingerprint density at radius 2 is 1.76 bits per heavy atom. The van der Waals surface area contributed by atoms with E-state index < -0.39 is 0 Å². The highest BCUT2D eigenvalue weighted by molar-refractivity contribution is 5.79. The number of hydrazine groups is 1. The third-order valence-corrected chi connectivity index (χ3v) is 6.65. The van der Waals surface area contributed by atoms with Crippen LogP contribution in [0.4, 0.5) is 0 Å². The molecular weight excluding hydrogens is 516 g/mol. The average molecular weight is 563 g/mol. The van der Waals surface area contributed by atoms with Crippen molar-refractivity contribution in [2.45, 2.75) is 51.6 Å². The number of ether oxygens (including phenoxy) is 1. The maximum atomic E-state index is 13.5.